The van der Waals surface area contributed by atoms with Crippen LogP contribution in [0.2, 0.25) is 5.02 Å². The second kappa shape index (κ2) is 7.76. The third kappa shape index (κ3) is 4.54. The fourth-order valence-corrected chi connectivity index (χ4v) is 2.43. The Balaban J connectivity index is 1.76. The Morgan fingerprint density at radius 3 is 2.72 bits per heavy atom. The maximum absolute atomic E-state index is 6.29. The van der Waals surface area contributed by atoms with Gasteiger partial charge in [0.1, 0.15) is 11.6 Å². The van der Waals surface area contributed by atoms with E-state index in [9.17, 15) is 0 Å². The first-order valence-electron chi connectivity index (χ1n) is 7.73. The Labute approximate surface area is 150 Å². The standard InChI is InChI=1S/C17H18ClN7/c1-11-7-15(19-2)25-17(23-11)24-13-3-4-14(18)12(8-13)9-22-16-10-20-5-6-21-16/h3-8,10H,9H2,1-2H3,(H,21,22)(H2,19,23,24,25). The Hall–Kier alpha value is -2.93. The summed E-state index contributed by atoms with van der Waals surface area (Å²) in [4.78, 5) is 17.0. The highest BCUT2D eigenvalue weighted by molar-refractivity contribution is 6.31. The van der Waals surface area contributed by atoms with E-state index < -0.39 is 0 Å². The van der Waals surface area contributed by atoms with Gasteiger partial charge in [0.05, 0.1) is 6.20 Å². The van der Waals surface area contributed by atoms with Crippen molar-refractivity contribution < 1.29 is 0 Å². The molecule has 3 rings (SSSR count). The van der Waals surface area contributed by atoms with Crippen LogP contribution in [-0.4, -0.2) is 27.0 Å². The summed E-state index contributed by atoms with van der Waals surface area (Å²) < 4.78 is 0. The highest BCUT2D eigenvalue weighted by Gasteiger charge is 2.06. The van der Waals surface area contributed by atoms with E-state index in [0.29, 0.717) is 23.3 Å². The van der Waals surface area contributed by atoms with Crippen molar-refractivity contribution in [1.29, 1.82) is 0 Å². The second-order valence-corrected chi connectivity index (χ2v) is 5.75. The van der Waals surface area contributed by atoms with Crippen LogP contribution in [-0.2, 0) is 6.54 Å². The Morgan fingerprint density at radius 2 is 1.96 bits per heavy atom. The third-order valence-corrected chi connectivity index (χ3v) is 3.80. The van der Waals surface area contributed by atoms with Gasteiger partial charge in [-0.15, -0.1) is 0 Å². The number of nitrogens with one attached hydrogen (secondary N) is 3. The van der Waals surface area contributed by atoms with E-state index in [1.165, 1.54) is 0 Å². The molecule has 0 spiro atoms. The zero-order valence-corrected chi connectivity index (χ0v) is 14.7. The first kappa shape index (κ1) is 16.9. The number of hydrogen-bond donors (Lipinski definition) is 3. The van der Waals surface area contributed by atoms with Crippen molar-refractivity contribution in [3.8, 4) is 0 Å². The Kier molecular flexibility index (Phi) is 5.25. The van der Waals surface area contributed by atoms with Crippen LogP contribution >= 0.6 is 11.6 Å². The summed E-state index contributed by atoms with van der Waals surface area (Å²) in [6.07, 6.45) is 4.93. The lowest BCUT2D eigenvalue weighted by atomic mass is 10.2. The van der Waals surface area contributed by atoms with Crippen LogP contribution < -0.4 is 16.0 Å². The predicted octanol–water partition coefficient (Wildman–Crippen LogP) is 3.63. The minimum absolute atomic E-state index is 0.527. The molecule has 0 aliphatic heterocycles. The fourth-order valence-electron chi connectivity index (χ4n) is 2.25. The molecule has 3 aromatic rings. The number of hydrogen-bond acceptors (Lipinski definition) is 7. The van der Waals surface area contributed by atoms with Crippen LogP contribution in [0.25, 0.3) is 0 Å². The first-order chi connectivity index (χ1) is 12.1. The lowest BCUT2D eigenvalue weighted by Gasteiger charge is -2.11. The number of aryl methyl sites for hydroxylation is 1. The summed E-state index contributed by atoms with van der Waals surface area (Å²) in [5.74, 6) is 1.98. The minimum atomic E-state index is 0.527. The SMILES string of the molecule is CNc1cc(C)nc(Nc2ccc(Cl)c(CNc3cnccn3)c2)n1. The van der Waals surface area contributed by atoms with Gasteiger partial charge in [-0.2, -0.15) is 4.98 Å². The molecule has 25 heavy (non-hydrogen) atoms. The Morgan fingerprint density at radius 1 is 1.08 bits per heavy atom. The van der Waals surface area contributed by atoms with Crippen LogP contribution in [0, 0.1) is 6.92 Å². The summed E-state index contributed by atoms with van der Waals surface area (Å²) in [5.41, 5.74) is 2.66. The molecule has 0 radical (unpaired) electrons. The molecular formula is C17H18ClN7. The molecule has 0 saturated heterocycles. The van der Waals surface area contributed by atoms with Crippen molar-refractivity contribution in [2.75, 3.05) is 23.0 Å². The molecule has 2 heterocycles. The molecule has 2 aromatic heterocycles. The fraction of sp³-hybridized carbons (Fsp3) is 0.176. The molecule has 0 fully saturated rings. The van der Waals surface area contributed by atoms with E-state index in [2.05, 4.69) is 35.9 Å². The van der Waals surface area contributed by atoms with E-state index in [4.69, 9.17) is 11.6 Å². The molecule has 3 N–H and O–H groups in total. The highest BCUT2D eigenvalue weighted by atomic mass is 35.5. The zero-order chi connectivity index (χ0) is 17.6. The minimum Gasteiger partial charge on any atom is -0.373 e. The van der Waals surface area contributed by atoms with Gasteiger partial charge < -0.3 is 16.0 Å². The zero-order valence-electron chi connectivity index (χ0n) is 13.9. The monoisotopic (exact) mass is 355 g/mol. The molecule has 0 unspecified atom stereocenters. The molecule has 128 valence electrons. The van der Waals surface area contributed by atoms with Gasteiger partial charge in [-0.25, -0.2) is 9.97 Å². The van der Waals surface area contributed by atoms with Gasteiger partial charge in [-0.1, -0.05) is 11.6 Å². The van der Waals surface area contributed by atoms with Gasteiger partial charge >= 0.3 is 0 Å². The van der Waals surface area contributed by atoms with Gasteiger partial charge in [0, 0.05) is 48.5 Å². The van der Waals surface area contributed by atoms with Crippen LogP contribution in [0.15, 0.2) is 42.9 Å². The van der Waals surface area contributed by atoms with Gasteiger partial charge in [-0.05, 0) is 30.7 Å². The summed E-state index contributed by atoms with van der Waals surface area (Å²) >= 11 is 6.29. The van der Waals surface area contributed by atoms with Crippen molar-refractivity contribution >= 4 is 34.9 Å². The third-order valence-electron chi connectivity index (χ3n) is 3.44. The van der Waals surface area contributed by atoms with Gasteiger partial charge in [0.2, 0.25) is 5.95 Å². The van der Waals surface area contributed by atoms with Gasteiger partial charge in [0.25, 0.3) is 0 Å². The van der Waals surface area contributed by atoms with E-state index in [1.54, 1.807) is 18.6 Å². The molecule has 7 nitrogen and oxygen atoms in total. The van der Waals surface area contributed by atoms with Crippen LogP contribution in [0.1, 0.15) is 11.3 Å². The number of nitrogens with zero attached hydrogens (tertiary/aromatic N) is 4. The van der Waals surface area contributed by atoms with Gasteiger partial charge in [-0.3, -0.25) is 4.98 Å². The Bertz CT molecular complexity index is 855. The largest absolute Gasteiger partial charge is 0.373 e. The summed E-state index contributed by atoms with van der Waals surface area (Å²) in [6, 6.07) is 7.56. The average molecular weight is 356 g/mol. The van der Waals surface area contributed by atoms with Crippen molar-refractivity contribution in [3.63, 3.8) is 0 Å². The molecule has 0 aliphatic carbocycles. The van der Waals surface area contributed by atoms with E-state index in [-0.39, 0.29) is 0 Å². The maximum Gasteiger partial charge on any atom is 0.229 e. The highest BCUT2D eigenvalue weighted by Crippen LogP contribution is 2.23. The molecule has 0 atom stereocenters. The summed E-state index contributed by atoms with van der Waals surface area (Å²) in [7, 11) is 1.82. The molecule has 0 bridgehead atoms. The summed E-state index contributed by atoms with van der Waals surface area (Å²) in [5, 5.41) is 10.1. The van der Waals surface area contributed by atoms with Crippen molar-refractivity contribution in [2.45, 2.75) is 13.5 Å². The number of aromatic nitrogens is 4. The number of halogens is 1. The van der Waals surface area contributed by atoms with Crippen molar-refractivity contribution in [1.82, 2.24) is 19.9 Å². The molecular weight excluding hydrogens is 338 g/mol. The van der Waals surface area contributed by atoms with Gasteiger partial charge in [0.15, 0.2) is 0 Å². The molecule has 0 amide bonds. The smallest absolute Gasteiger partial charge is 0.229 e. The van der Waals surface area contributed by atoms with E-state index in [0.717, 1.165) is 22.8 Å². The summed E-state index contributed by atoms with van der Waals surface area (Å²) in [6.45, 7) is 2.45. The predicted molar refractivity (Wildman–Crippen MR) is 100 cm³/mol. The average Bonchev–Trinajstić information content (AvgIpc) is 2.62. The van der Waals surface area contributed by atoms with Crippen molar-refractivity contribution in [2.24, 2.45) is 0 Å². The van der Waals surface area contributed by atoms with Crippen LogP contribution in [0.5, 0.6) is 0 Å². The first-order valence-corrected chi connectivity index (χ1v) is 8.10. The van der Waals surface area contributed by atoms with Crippen LogP contribution in [0.4, 0.5) is 23.3 Å². The maximum atomic E-state index is 6.29. The number of rotatable bonds is 6. The molecule has 0 aliphatic rings. The van der Waals surface area contributed by atoms with Crippen molar-refractivity contribution in [3.05, 3.63) is 59.1 Å². The lowest BCUT2D eigenvalue weighted by Crippen LogP contribution is -2.04. The molecule has 8 heteroatoms. The number of anilines is 4. The molecule has 1 aromatic carbocycles. The van der Waals surface area contributed by atoms with E-state index >= 15 is 0 Å². The van der Waals surface area contributed by atoms with E-state index in [1.807, 2.05) is 38.2 Å². The number of benzene rings is 1. The van der Waals surface area contributed by atoms with Crippen LogP contribution in [0.3, 0.4) is 0 Å². The quantitative estimate of drug-likeness (QED) is 0.622. The topological polar surface area (TPSA) is 87.7 Å². The normalized spacial score (nSPS) is 10.4. The second-order valence-electron chi connectivity index (χ2n) is 5.34. The molecule has 0 saturated carbocycles. The lowest BCUT2D eigenvalue weighted by molar-refractivity contribution is 1.08.